The van der Waals surface area contributed by atoms with Gasteiger partial charge in [-0.15, -0.1) is 0 Å². The van der Waals surface area contributed by atoms with Gasteiger partial charge in [-0.2, -0.15) is 0 Å². The number of phenolic OH excluding ortho intramolecular Hbond substituents is 1. The van der Waals surface area contributed by atoms with Crippen molar-refractivity contribution in [2.75, 3.05) is 0 Å². The maximum Gasteiger partial charge on any atom is 0.123 e. The predicted octanol–water partition coefficient (Wildman–Crippen LogP) is 5.41. The van der Waals surface area contributed by atoms with Gasteiger partial charge in [-0.1, -0.05) is 88.8 Å². The Morgan fingerprint density at radius 2 is 1.40 bits per heavy atom. The molecule has 0 aliphatic heterocycles. The van der Waals surface area contributed by atoms with Gasteiger partial charge in [0.25, 0.3) is 0 Å². The Labute approximate surface area is 152 Å². The van der Waals surface area contributed by atoms with Crippen molar-refractivity contribution < 1.29 is 15.3 Å². The molecule has 2 aromatic carbocycles. The average Bonchev–Trinajstić information content (AvgIpc) is 2.64. The minimum Gasteiger partial charge on any atom is -0.507 e. The molecule has 0 aliphatic rings. The summed E-state index contributed by atoms with van der Waals surface area (Å²) in [7, 11) is 0. The van der Waals surface area contributed by atoms with E-state index in [-0.39, 0.29) is 0 Å². The van der Waals surface area contributed by atoms with E-state index in [1.165, 1.54) is 32.1 Å². The summed E-state index contributed by atoms with van der Waals surface area (Å²) in [5.41, 5.74) is 0. The number of rotatable bonds is 9. The minimum absolute atomic E-state index is 0.350. The number of hydrogen-bond acceptors (Lipinski definition) is 3. The number of fused-ring (bicyclic) bond motifs is 1. The summed E-state index contributed by atoms with van der Waals surface area (Å²) in [6.45, 7) is 4.11. The highest BCUT2D eigenvalue weighted by Gasteiger charge is 2.12. The molecule has 2 atom stereocenters. The molecule has 2 aromatic rings. The van der Waals surface area contributed by atoms with Gasteiger partial charge in [0.2, 0.25) is 0 Å². The fourth-order valence-corrected chi connectivity index (χ4v) is 2.81. The van der Waals surface area contributed by atoms with Gasteiger partial charge in [0, 0.05) is 5.39 Å². The van der Waals surface area contributed by atoms with Crippen molar-refractivity contribution in [3.63, 3.8) is 0 Å². The Bertz CT molecular complexity index is 577. The average molecular weight is 347 g/mol. The highest BCUT2D eigenvalue weighted by Crippen LogP contribution is 2.22. The van der Waals surface area contributed by atoms with Crippen LogP contribution in [0.3, 0.4) is 0 Å². The summed E-state index contributed by atoms with van der Waals surface area (Å²) in [4.78, 5) is 0. The molecular weight excluding hydrogens is 312 g/mol. The first-order valence-corrected chi connectivity index (χ1v) is 9.63. The fourth-order valence-electron chi connectivity index (χ4n) is 2.81. The van der Waals surface area contributed by atoms with Crippen molar-refractivity contribution in [2.24, 2.45) is 0 Å². The van der Waals surface area contributed by atoms with Crippen LogP contribution < -0.4 is 0 Å². The molecule has 0 amide bonds. The molecule has 25 heavy (non-hydrogen) atoms. The van der Waals surface area contributed by atoms with Crippen molar-refractivity contribution >= 4 is 10.8 Å². The Hall–Kier alpha value is -1.58. The molecule has 0 aromatic heterocycles. The first-order chi connectivity index (χ1) is 12.1. The van der Waals surface area contributed by atoms with Gasteiger partial charge in [-0.3, -0.25) is 0 Å². The Kier molecular flexibility index (Phi) is 10.9. The molecule has 3 heteroatoms. The third-order valence-corrected chi connectivity index (χ3v) is 4.48. The van der Waals surface area contributed by atoms with Crippen LogP contribution in [0.25, 0.3) is 10.8 Å². The van der Waals surface area contributed by atoms with Crippen molar-refractivity contribution in [1.29, 1.82) is 0 Å². The SMILES string of the molecule is CCCCCCCCC(O)C(O)CC.Oc1cccc2ccccc12. The third-order valence-electron chi connectivity index (χ3n) is 4.48. The largest absolute Gasteiger partial charge is 0.507 e. The van der Waals surface area contributed by atoms with Crippen molar-refractivity contribution in [3.8, 4) is 5.75 Å². The van der Waals surface area contributed by atoms with Crippen LogP contribution in [0.2, 0.25) is 0 Å². The fraction of sp³-hybridized carbons (Fsp3) is 0.545. The summed E-state index contributed by atoms with van der Waals surface area (Å²) >= 11 is 0. The lowest BCUT2D eigenvalue weighted by Gasteiger charge is -2.15. The Morgan fingerprint density at radius 3 is 2.08 bits per heavy atom. The summed E-state index contributed by atoms with van der Waals surface area (Å²) in [6.07, 6.45) is 7.77. The predicted molar refractivity (Wildman–Crippen MR) is 106 cm³/mol. The molecular formula is C22H34O3. The zero-order chi connectivity index (χ0) is 18.5. The van der Waals surface area contributed by atoms with Crippen LogP contribution in [0.4, 0.5) is 0 Å². The van der Waals surface area contributed by atoms with Crippen LogP contribution in [-0.4, -0.2) is 27.5 Å². The zero-order valence-corrected chi connectivity index (χ0v) is 15.7. The van der Waals surface area contributed by atoms with Crippen LogP contribution in [0.15, 0.2) is 42.5 Å². The molecule has 0 aliphatic carbocycles. The first kappa shape index (κ1) is 21.5. The van der Waals surface area contributed by atoms with Crippen LogP contribution in [0.1, 0.15) is 65.2 Å². The highest BCUT2D eigenvalue weighted by molar-refractivity contribution is 5.87. The molecule has 0 saturated heterocycles. The van der Waals surface area contributed by atoms with Crippen molar-refractivity contribution in [1.82, 2.24) is 0 Å². The molecule has 140 valence electrons. The first-order valence-electron chi connectivity index (χ1n) is 9.63. The summed E-state index contributed by atoms with van der Waals surface area (Å²) in [6, 6.07) is 13.3. The van der Waals surface area contributed by atoms with Crippen LogP contribution in [-0.2, 0) is 0 Å². The molecule has 0 fully saturated rings. The molecule has 0 saturated carbocycles. The molecule has 3 N–H and O–H groups in total. The van der Waals surface area contributed by atoms with Crippen LogP contribution >= 0.6 is 0 Å². The van der Waals surface area contributed by atoms with Gasteiger partial charge in [-0.25, -0.2) is 0 Å². The topological polar surface area (TPSA) is 60.7 Å². The number of benzene rings is 2. The van der Waals surface area contributed by atoms with Gasteiger partial charge in [0.15, 0.2) is 0 Å². The smallest absolute Gasteiger partial charge is 0.123 e. The minimum atomic E-state index is -0.523. The maximum atomic E-state index is 9.47. The van der Waals surface area contributed by atoms with Crippen molar-refractivity contribution in [3.05, 3.63) is 42.5 Å². The van der Waals surface area contributed by atoms with Gasteiger partial charge >= 0.3 is 0 Å². The lowest BCUT2D eigenvalue weighted by molar-refractivity contribution is 0.0114. The van der Waals surface area contributed by atoms with Gasteiger partial charge in [0.1, 0.15) is 5.75 Å². The highest BCUT2D eigenvalue weighted by atomic mass is 16.3. The molecule has 2 unspecified atom stereocenters. The number of aromatic hydroxyl groups is 1. The molecule has 3 nitrogen and oxygen atoms in total. The quantitative estimate of drug-likeness (QED) is 0.532. The van der Waals surface area contributed by atoms with E-state index in [9.17, 15) is 15.3 Å². The second-order valence-electron chi connectivity index (χ2n) is 6.60. The second-order valence-corrected chi connectivity index (χ2v) is 6.60. The van der Waals surface area contributed by atoms with Crippen LogP contribution in [0.5, 0.6) is 5.75 Å². The van der Waals surface area contributed by atoms with E-state index in [0.717, 1.165) is 23.6 Å². The van der Waals surface area contributed by atoms with Gasteiger partial charge in [-0.05, 0) is 24.3 Å². The summed E-state index contributed by atoms with van der Waals surface area (Å²) < 4.78 is 0. The van der Waals surface area contributed by atoms with E-state index in [1.807, 2.05) is 43.3 Å². The number of aliphatic hydroxyl groups is 2. The molecule has 0 heterocycles. The summed E-state index contributed by atoms with van der Waals surface area (Å²) in [5, 5.41) is 30.1. The standard InChI is InChI=1S/C12H26O2.C10H8O/c1-3-5-6-7-8-9-10-12(14)11(13)4-2;11-10-7-3-5-8-4-1-2-6-9(8)10/h11-14H,3-10H2,1-2H3;1-7,11H. The Morgan fingerprint density at radius 1 is 0.760 bits per heavy atom. The van der Waals surface area contributed by atoms with E-state index in [0.29, 0.717) is 12.2 Å². The number of unbranched alkanes of at least 4 members (excludes halogenated alkanes) is 5. The lowest BCUT2D eigenvalue weighted by Crippen LogP contribution is -2.24. The maximum absolute atomic E-state index is 9.47. The monoisotopic (exact) mass is 346 g/mol. The van der Waals surface area contributed by atoms with E-state index in [1.54, 1.807) is 6.07 Å². The number of aliphatic hydroxyl groups excluding tert-OH is 2. The zero-order valence-electron chi connectivity index (χ0n) is 15.7. The van der Waals surface area contributed by atoms with E-state index in [4.69, 9.17) is 0 Å². The molecule has 0 spiro atoms. The normalized spacial score (nSPS) is 13.1. The molecule has 0 bridgehead atoms. The van der Waals surface area contributed by atoms with Gasteiger partial charge < -0.3 is 15.3 Å². The van der Waals surface area contributed by atoms with Gasteiger partial charge in [0.05, 0.1) is 12.2 Å². The van der Waals surface area contributed by atoms with E-state index < -0.39 is 12.2 Å². The lowest BCUT2D eigenvalue weighted by atomic mass is 10.0. The van der Waals surface area contributed by atoms with E-state index in [2.05, 4.69) is 6.92 Å². The Balaban J connectivity index is 0.000000255. The molecule has 2 rings (SSSR count). The van der Waals surface area contributed by atoms with Crippen molar-refractivity contribution in [2.45, 2.75) is 77.4 Å². The van der Waals surface area contributed by atoms with E-state index >= 15 is 0 Å². The number of hydrogen-bond donors (Lipinski definition) is 3. The number of phenols is 1. The molecule has 0 radical (unpaired) electrons. The third kappa shape index (κ3) is 8.37. The van der Waals surface area contributed by atoms with Crippen LogP contribution in [0, 0.1) is 0 Å². The summed E-state index contributed by atoms with van der Waals surface area (Å²) in [5.74, 6) is 0.350. The second kappa shape index (κ2) is 12.7.